The van der Waals surface area contributed by atoms with Gasteiger partial charge in [-0.3, -0.25) is 5.32 Å². The fourth-order valence-corrected chi connectivity index (χ4v) is 3.40. The minimum Gasteiger partial charge on any atom is -0.444 e. The highest BCUT2D eigenvalue weighted by atomic mass is 35.5. The first-order valence-electron chi connectivity index (χ1n) is 10.5. The van der Waals surface area contributed by atoms with E-state index in [1.807, 2.05) is 25.1 Å². The Morgan fingerprint density at radius 2 is 2.09 bits per heavy atom. The van der Waals surface area contributed by atoms with E-state index >= 15 is 0 Å². The molecule has 1 atom stereocenters. The molecule has 3 N–H and O–H groups in total. The molecule has 1 unspecified atom stereocenters. The van der Waals surface area contributed by atoms with Gasteiger partial charge in [0.25, 0.3) is 0 Å². The molecule has 1 aliphatic heterocycles. The van der Waals surface area contributed by atoms with Gasteiger partial charge in [-0.25, -0.2) is 14.8 Å². The van der Waals surface area contributed by atoms with E-state index in [2.05, 4.69) is 32.0 Å². The van der Waals surface area contributed by atoms with Crippen molar-refractivity contribution in [2.75, 3.05) is 6.54 Å². The van der Waals surface area contributed by atoms with Crippen LogP contribution in [0.15, 0.2) is 69.8 Å². The summed E-state index contributed by atoms with van der Waals surface area (Å²) in [5.74, 6) is 1.29. The van der Waals surface area contributed by atoms with Crippen LogP contribution in [0, 0.1) is 11.3 Å². The Morgan fingerprint density at radius 3 is 2.79 bits per heavy atom. The first-order chi connectivity index (χ1) is 16.0. The predicted molar refractivity (Wildman–Crippen MR) is 130 cm³/mol. The van der Waals surface area contributed by atoms with Crippen molar-refractivity contribution in [3.63, 3.8) is 0 Å². The number of nitriles is 1. The zero-order valence-electron chi connectivity index (χ0n) is 18.1. The second-order valence-electron chi connectivity index (χ2n) is 7.17. The Hall–Kier alpha value is -3.28. The lowest BCUT2D eigenvalue weighted by Crippen LogP contribution is -2.45. The van der Waals surface area contributed by atoms with Gasteiger partial charge in [0.1, 0.15) is 17.5 Å². The highest BCUT2D eigenvalue weighted by Crippen LogP contribution is 2.28. The van der Waals surface area contributed by atoms with Gasteiger partial charge in [0.15, 0.2) is 0 Å². The number of carbonyl (C=O) groups is 1. The molecule has 8 nitrogen and oxygen atoms in total. The molecule has 0 aromatic heterocycles. The molecule has 2 amide bonds. The van der Waals surface area contributed by atoms with Crippen molar-refractivity contribution in [3.8, 4) is 6.07 Å². The molecule has 1 aromatic rings. The third-order valence-electron chi connectivity index (χ3n) is 4.63. The predicted octanol–water partition coefficient (Wildman–Crippen LogP) is 4.50. The van der Waals surface area contributed by atoms with Crippen LogP contribution in [0.2, 0.25) is 5.02 Å². The fraction of sp³-hybridized carbons (Fsp3) is 0.304. The van der Waals surface area contributed by atoms with Crippen LogP contribution in [0.3, 0.4) is 0 Å². The molecular weight excluding hydrogens is 463 g/mol. The van der Waals surface area contributed by atoms with Gasteiger partial charge in [-0.1, -0.05) is 23.7 Å². The molecule has 10 heteroatoms. The number of rotatable bonds is 6. The number of amides is 2. The average molecular weight is 487 g/mol. The molecule has 0 spiro atoms. The molecule has 172 valence electrons. The zero-order chi connectivity index (χ0) is 23.6. The number of aliphatic imine (C=N–C) groups is 2. The Balaban J connectivity index is 1.73. The first-order valence-corrected chi connectivity index (χ1v) is 11.3. The minimum absolute atomic E-state index is 0.267. The highest BCUT2D eigenvalue weighted by Gasteiger charge is 2.21. The maximum absolute atomic E-state index is 12.1. The quantitative estimate of drug-likeness (QED) is 0.312. The van der Waals surface area contributed by atoms with Crippen molar-refractivity contribution < 1.29 is 9.53 Å². The minimum atomic E-state index is -0.475. The number of alkyl halides is 1. The van der Waals surface area contributed by atoms with Crippen LogP contribution in [0.25, 0.3) is 0 Å². The Kier molecular flexibility index (Phi) is 8.93. The van der Waals surface area contributed by atoms with E-state index in [0.717, 1.165) is 5.56 Å². The van der Waals surface area contributed by atoms with Crippen LogP contribution in [0.5, 0.6) is 0 Å². The molecule has 0 saturated heterocycles. The smallest absolute Gasteiger partial charge is 0.321 e. The maximum atomic E-state index is 12.1. The molecule has 33 heavy (non-hydrogen) atoms. The second-order valence-corrected chi connectivity index (χ2v) is 8.14. The van der Waals surface area contributed by atoms with Crippen molar-refractivity contribution in [1.29, 1.82) is 5.26 Å². The second kappa shape index (κ2) is 12.1. The van der Waals surface area contributed by atoms with Crippen molar-refractivity contribution >= 4 is 40.9 Å². The summed E-state index contributed by atoms with van der Waals surface area (Å²) in [5.41, 5.74) is 1.98. The monoisotopic (exact) mass is 486 g/mol. The molecule has 0 fully saturated rings. The summed E-state index contributed by atoms with van der Waals surface area (Å²) >= 11 is 12.5. The summed E-state index contributed by atoms with van der Waals surface area (Å²) < 4.78 is 5.80. The highest BCUT2D eigenvalue weighted by molar-refractivity contribution is 6.30. The molecule has 0 saturated carbocycles. The van der Waals surface area contributed by atoms with E-state index in [0.29, 0.717) is 60.4 Å². The number of benzene rings is 1. The van der Waals surface area contributed by atoms with Crippen LogP contribution < -0.4 is 16.0 Å². The van der Waals surface area contributed by atoms with Crippen LogP contribution in [-0.4, -0.2) is 29.6 Å². The summed E-state index contributed by atoms with van der Waals surface area (Å²) in [6.45, 7) is 2.74. The third-order valence-corrected chi connectivity index (χ3v) is 5.26. The molecule has 0 radical (unpaired) electrons. The van der Waals surface area contributed by atoms with E-state index in [1.54, 1.807) is 24.3 Å². The van der Waals surface area contributed by atoms with Gasteiger partial charge in [-0.05, 0) is 49.3 Å². The van der Waals surface area contributed by atoms with Gasteiger partial charge in [-0.2, -0.15) is 5.26 Å². The molecule has 1 aliphatic carbocycles. The van der Waals surface area contributed by atoms with Gasteiger partial charge in [0, 0.05) is 31.0 Å². The van der Waals surface area contributed by atoms with Crippen molar-refractivity contribution in [3.05, 3.63) is 70.4 Å². The maximum Gasteiger partial charge on any atom is 0.321 e. The molecule has 3 rings (SSSR count). The average Bonchev–Trinajstić information content (AvgIpc) is 2.80. The molecule has 0 bridgehead atoms. The number of ether oxygens (including phenoxy) is 1. The van der Waals surface area contributed by atoms with Crippen LogP contribution in [0.1, 0.15) is 31.7 Å². The van der Waals surface area contributed by atoms with Crippen LogP contribution in [-0.2, 0) is 11.3 Å². The lowest BCUT2D eigenvalue weighted by atomic mass is 10.1. The Labute approximate surface area is 202 Å². The van der Waals surface area contributed by atoms with E-state index < -0.39 is 5.38 Å². The summed E-state index contributed by atoms with van der Waals surface area (Å²) in [7, 11) is 0. The number of hydrogen-bond acceptors (Lipinski definition) is 5. The summed E-state index contributed by atoms with van der Waals surface area (Å²) in [6.07, 6.45) is 7.05. The molecule has 1 aromatic carbocycles. The Morgan fingerprint density at radius 1 is 1.30 bits per heavy atom. The number of guanidine groups is 1. The summed E-state index contributed by atoms with van der Waals surface area (Å²) in [6, 6.07) is 9.04. The van der Waals surface area contributed by atoms with Crippen molar-refractivity contribution in [1.82, 2.24) is 16.0 Å². The van der Waals surface area contributed by atoms with Gasteiger partial charge in [0.2, 0.25) is 11.8 Å². The van der Waals surface area contributed by atoms with Gasteiger partial charge < -0.3 is 15.4 Å². The van der Waals surface area contributed by atoms with E-state index in [-0.39, 0.29) is 12.0 Å². The summed E-state index contributed by atoms with van der Waals surface area (Å²) in [4.78, 5) is 20.8. The number of nitrogens with one attached hydrogen (secondary N) is 3. The number of allylic oxidation sites excluding steroid dienone is 5. The summed E-state index contributed by atoms with van der Waals surface area (Å²) in [5, 5.41) is 17.7. The normalized spacial score (nSPS) is 18.1. The topological polar surface area (TPSA) is 111 Å². The van der Waals surface area contributed by atoms with Crippen LogP contribution >= 0.6 is 23.2 Å². The number of nitrogens with zero attached hydrogens (tertiary/aromatic N) is 3. The van der Waals surface area contributed by atoms with Crippen LogP contribution in [0.4, 0.5) is 4.79 Å². The fourth-order valence-electron chi connectivity index (χ4n) is 3.00. The largest absolute Gasteiger partial charge is 0.444 e. The zero-order valence-corrected chi connectivity index (χ0v) is 19.6. The third kappa shape index (κ3) is 7.67. The lowest BCUT2D eigenvalue weighted by Gasteiger charge is -2.20. The number of carbonyl (C=O) groups excluding carboxylic acids is 1. The van der Waals surface area contributed by atoms with E-state index in [4.69, 9.17) is 33.2 Å². The Bertz CT molecular complexity index is 1070. The van der Waals surface area contributed by atoms with Gasteiger partial charge in [-0.15, -0.1) is 11.6 Å². The van der Waals surface area contributed by atoms with Gasteiger partial charge >= 0.3 is 6.03 Å². The van der Waals surface area contributed by atoms with Gasteiger partial charge in [0.05, 0.1) is 11.1 Å². The van der Waals surface area contributed by atoms with Crippen molar-refractivity contribution in [2.24, 2.45) is 9.98 Å². The first kappa shape index (κ1) is 24.4. The number of urea groups is 1. The number of halogens is 2. The molecule has 2 aliphatic rings. The SMILES string of the molecule is CCNC(=O)N/C(=N\C1=CC=C(OC2=CCCC(C#N)=N2)CC1Cl)NCc1ccc(Cl)cc1. The van der Waals surface area contributed by atoms with Crippen molar-refractivity contribution in [2.45, 2.75) is 38.1 Å². The number of hydrogen-bond donors (Lipinski definition) is 3. The lowest BCUT2D eigenvalue weighted by molar-refractivity contribution is 0.245. The standard InChI is InChI=1S/C23H24Cl2N6O2/c1-2-27-23(32)31-22(28-14-15-6-8-16(24)9-7-15)30-20-11-10-18(12-19(20)25)33-21-5-3-4-17(13-26)29-21/h5-11,19H,2-4,12,14H2,1H3,(H3,27,28,30,31,32). The van der Waals surface area contributed by atoms with E-state index in [9.17, 15) is 4.79 Å². The van der Waals surface area contributed by atoms with E-state index in [1.165, 1.54) is 0 Å². The molecule has 1 heterocycles. The molecular formula is C23H24Cl2N6O2.